The van der Waals surface area contributed by atoms with E-state index in [9.17, 15) is 9.59 Å². The number of hydrogen-bond acceptors (Lipinski definition) is 7. The van der Waals surface area contributed by atoms with Crippen molar-refractivity contribution in [3.63, 3.8) is 0 Å². The fourth-order valence-corrected chi connectivity index (χ4v) is 4.11. The molecule has 1 aromatic heterocycles. The molecule has 0 unspecified atom stereocenters. The number of carbonyl (C=O) groups is 2. The first-order chi connectivity index (χ1) is 15.0. The lowest BCUT2D eigenvalue weighted by Gasteiger charge is -2.08. The van der Waals surface area contributed by atoms with E-state index in [2.05, 4.69) is 4.99 Å². The zero-order valence-corrected chi connectivity index (χ0v) is 18.7. The van der Waals surface area contributed by atoms with Crippen LogP contribution in [0.4, 0.5) is 0 Å². The molecule has 0 spiro atoms. The summed E-state index contributed by atoms with van der Waals surface area (Å²) < 4.78 is 23.5. The smallest absolute Gasteiger partial charge is 0.338 e. The van der Waals surface area contributed by atoms with Crippen LogP contribution in [0.1, 0.15) is 27.6 Å². The summed E-state index contributed by atoms with van der Waals surface area (Å²) in [4.78, 5) is 29.9. The number of benzene rings is 2. The number of nitrogens with zero attached hydrogens (tertiary/aromatic N) is 2. The Labute approximate surface area is 183 Å². The third kappa shape index (κ3) is 4.95. The number of thiazole rings is 1. The molecule has 8 nitrogen and oxygen atoms in total. The third-order valence-electron chi connectivity index (χ3n) is 4.55. The molecule has 0 radical (unpaired) electrons. The topological polar surface area (TPSA) is 88.4 Å². The van der Waals surface area contributed by atoms with Crippen molar-refractivity contribution in [2.24, 2.45) is 4.99 Å². The van der Waals surface area contributed by atoms with E-state index in [0.717, 1.165) is 10.2 Å². The van der Waals surface area contributed by atoms with Crippen LogP contribution in [0.2, 0.25) is 0 Å². The number of rotatable bonds is 8. The Bertz CT molecular complexity index is 1160. The molecule has 0 bridgehead atoms. The number of hydrogen-bond donors (Lipinski definition) is 0. The molecule has 0 atom stereocenters. The molecule has 2 aromatic carbocycles. The lowest BCUT2D eigenvalue weighted by molar-refractivity contribution is 0.0526. The Kier molecular flexibility index (Phi) is 7.43. The molecule has 1 amide bonds. The molecule has 0 aliphatic heterocycles. The number of carbonyl (C=O) groups excluding carboxylic acids is 2. The predicted molar refractivity (Wildman–Crippen MR) is 117 cm³/mol. The molecule has 0 saturated carbocycles. The normalized spacial score (nSPS) is 11.5. The average molecular weight is 445 g/mol. The SMILES string of the molecule is CCOC(=O)c1ccc2c(c1)sc(=NC(=O)c1ccc(OC)cc1OC)n2CCOC. The van der Waals surface area contributed by atoms with Crippen molar-refractivity contribution in [3.8, 4) is 11.5 Å². The highest BCUT2D eigenvalue weighted by Crippen LogP contribution is 2.25. The Hall–Kier alpha value is -3.17. The Morgan fingerprint density at radius 2 is 1.87 bits per heavy atom. The van der Waals surface area contributed by atoms with Gasteiger partial charge in [0.05, 0.1) is 48.8 Å². The number of esters is 1. The van der Waals surface area contributed by atoms with Gasteiger partial charge in [0.1, 0.15) is 11.5 Å². The molecule has 0 saturated heterocycles. The summed E-state index contributed by atoms with van der Waals surface area (Å²) >= 11 is 1.31. The summed E-state index contributed by atoms with van der Waals surface area (Å²) in [5.41, 5.74) is 1.62. The highest BCUT2D eigenvalue weighted by Gasteiger charge is 2.16. The largest absolute Gasteiger partial charge is 0.497 e. The lowest BCUT2D eigenvalue weighted by atomic mass is 10.2. The van der Waals surface area contributed by atoms with Crippen molar-refractivity contribution in [1.29, 1.82) is 0 Å². The van der Waals surface area contributed by atoms with Gasteiger partial charge in [-0.1, -0.05) is 11.3 Å². The molecular weight excluding hydrogens is 420 g/mol. The van der Waals surface area contributed by atoms with Crippen LogP contribution in [0.15, 0.2) is 41.4 Å². The first-order valence-electron chi connectivity index (χ1n) is 9.62. The fraction of sp³-hybridized carbons (Fsp3) is 0.318. The van der Waals surface area contributed by atoms with E-state index >= 15 is 0 Å². The van der Waals surface area contributed by atoms with Crippen molar-refractivity contribution in [3.05, 3.63) is 52.3 Å². The second-order valence-corrected chi connectivity index (χ2v) is 7.42. The van der Waals surface area contributed by atoms with E-state index in [0.29, 0.717) is 47.2 Å². The van der Waals surface area contributed by atoms with Crippen LogP contribution in [0.5, 0.6) is 11.5 Å². The molecule has 0 N–H and O–H groups in total. The maximum atomic E-state index is 13.0. The summed E-state index contributed by atoms with van der Waals surface area (Å²) in [6.07, 6.45) is 0. The predicted octanol–water partition coefficient (Wildman–Crippen LogP) is 3.28. The Balaban J connectivity index is 2.09. The lowest BCUT2D eigenvalue weighted by Crippen LogP contribution is -2.19. The average Bonchev–Trinajstić information content (AvgIpc) is 3.13. The van der Waals surface area contributed by atoms with Gasteiger partial charge in [-0.2, -0.15) is 4.99 Å². The maximum Gasteiger partial charge on any atom is 0.338 e. The molecule has 9 heteroatoms. The second kappa shape index (κ2) is 10.2. The molecule has 0 aliphatic rings. The van der Waals surface area contributed by atoms with E-state index in [1.54, 1.807) is 51.5 Å². The van der Waals surface area contributed by atoms with Gasteiger partial charge in [0.2, 0.25) is 0 Å². The second-order valence-electron chi connectivity index (χ2n) is 6.42. The number of ether oxygens (including phenoxy) is 4. The molecule has 164 valence electrons. The zero-order valence-electron chi connectivity index (χ0n) is 17.8. The van der Waals surface area contributed by atoms with Crippen LogP contribution < -0.4 is 14.3 Å². The van der Waals surface area contributed by atoms with Gasteiger partial charge < -0.3 is 23.5 Å². The number of aromatic nitrogens is 1. The van der Waals surface area contributed by atoms with Gasteiger partial charge in [0, 0.05) is 19.7 Å². The van der Waals surface area contributed by atoms with Crippen LogP contribution in [0.25, 0.3) is 10.2 Å². The minimum atomic E-state index is -0.442. The van der Waals surface area contributed by atoms with Crippen molar-refractivity contribution in [1.82, 2.24) is 4.57 Å². The van der Waals surface area contributed by atoms with E-state index in [1.807, 2.05) is 10.6 Å². The van der Waals surface area contributed by atoms with Crippen LogP contribution in [0, 0.1) is 0 Å². The minimum absolute atomic E-state index is 0.300. The van der Waals surface area contributed by atoms with Gasteiger partial charge in [-0.25, -0.2) is 4.79 Å². The standard InChI is InChI=1S/C22H24N2O6S/c1-5-30-21(26)14-6-9-17-19(12-14)31-22(24(17)10-11-27-2)23-20(25)16-8-7-15(28-3)13-18(16)29-4/h6-9,12-13H,5,10-11H2,1-4H3. The van der Waals surface area contributed by atoms with Crippen LogP contribution in [0.3, 0.4) is 0 Å². The maximum absolute atomic E-state index is 13.0. The van der Waals surface area contributed by atoms with E-state index < -0.39 is 11.9 Å². The summed E-state index contributed by atoms with van der Waals surface area (Å²) in [5.74, 6) is 0.126. The molecule has 0 aliphatic carbocycles. The quantitative estimate of drug-likeness (QED) is 0.496. The van der Waals surface area contributed by atoms with Gasteiger partial charge in [-0.15, -0.1) is 0 Å². The van der Waals surface area contributed by atoms with Gasteiger partial charge >= 0.3 is 5.97 Å². The third-order valence-corrected chi connectivity index (χ3v) is 5.59. The van der Waals surface area contributed by atoms with Gasteiger partial charge in [0.15, 0.2) is 4.80 Å². The summed E-state index contributed by atoms with van der Waals surface area (Å²) in [5, 5.41) is 0. The first-order valence-corrected chi connectivity index (χ1v) is 10.4. The summed E-state index contributed by atoms with van der Waals surface area (Å²) in [6, 6.07) is 10.2. The number of methoxy groups -OCH3 is 3. The van der Waals surface area contributed by atoms with Crippen LogP contribution >= 0.6 is 11.3 Å². The molecule has 1 heterocycles. The van der Waals surface area contributed by atoms with E-state index in [1.165, 1.54) is 18.4 Å². The summed E-state index contributed by atoms with van der Waals surface area (Å²) in [6.45, 7) is 3.00. The molecule has 0 fully saturated rings. The van der Waals surface area contributed by atoms with Crippen molar-refractivity contribution < 1.29 is 28.5 Å². The van der Waals surface area contributed by atoms with Gasteiger partial charge in [0.25, 0.3) is 5.91 Å². The van der Waals surface area contributed by atoms with Crippen LogP contribution in [-0.4, -0.2) is 51.0 Å². The van der Waals surface area contributed by atoms with Crippen LogP contribution in [-0.2, 0) is 16.0 Å². The zero-order chi connectivity index (χ0) is 22.4. The van der Waals surface area contributed by atoms with Crippen molar-refractivity contribution in [2.45, 2.75) is 13.5 Å². The van der Waals surface area contributed by atoms with Gasteiger partial charge in [-0.3, -0.25) is 4.79 Å². The fourth-order valence-electron chi connectivity index (χ4n) is 3.02. The Morgan fingerprint density at radius 3 is 2.55 bits per heavy atom. The monoisotopic (exact) mass is 444 g/mol. The molecular formula is C22H24N2O6S. The number of fused-ring (bicyclic) bond motifs is 1. The van der Waals surface area contributed by atoms with Crippen molar-refractivity contribution >= 4 is 33.4 Å². The highest BCUT2D eigenvalue weighted by molar-refractivity contribution is 7.16. The van der Waals surface area contributed by atoms with Crippen molar-refractivity contribution in [2.75, 3.05) is 34.5 Å². The summed E-state index contributed by atoms with van der Waals surface area (Å²) in [7, 11) is 4.64. The first kappa shape index (κ1) is 22.5. The minimum Gasteiger partial charge on any atom is -0.497 e. The van der Waals surface area contributed by atoms with E-state index in [4.69, 9.17) is 18.9 Å². The molecule has 3 aromatic rings. The number of amides is 1. The highest BCUT2D eigenvalue weighted by atomic mass is 32.1. The van der Waals surface area contributed by atoms with E-state index in [-0.39, 0.29) is 0 Å². The Morgan fingerprint density at radius 1 is 1.06 bits per heavy atom. The molecule has 31 heavy (non-hydrogen) atoms. The van der Waals surface area contributed by atoms with Gasteiger partial charge in [-0.05, 0) is 37.3 Å². The molecule has 3 rings (SSSR count).